The summed E-state index contributed by atoms with van der Waals surface area (Å²) in [5.41, 5.74) is 4.52. The molecule has 1 unspecified atom stereocenters. The monoisotopic (exact) mass is 697 g/mol. The first-order valence-corrected chi connectivity index (χ1v) is 16.5. The Morgan fingerprint density at radius 3 is 2.12 bits per heavy atom. The Kier molecular flexibility index (Phi) is 10.3. The predicted octanol–water partition coefficient (Wildman–Crippen LogP) is 5.39. The first kappa shape index (κ1) is 34.3. The number of nitrogens with zero attached hydrogens (tertiary/aromatic N) is 1. The number of halogens is 2. The number of alkyl halides is 1. The van der Waals surface area contributed by atoms with Gasteiger partial charge in [-0.25, -0.2) is 4.39 Å². The maximum Gasteiger partial charge on any atom is 0.265 e. The molecule has 1 atom stereocenters. The summed E-state index contributed by atoms with van der Waals surface area (Å²) in [7, 11) is 0. The highest BCUT2D eigenvalue weighted by molar-refractivity contribution is 6.23. The van der Waals surface area contributed by atoms with Crippen molar-refractivity contribution >= 4 is 46.4 Å². The Bertz CT molecular complexity index is 1980. The van der Waals surface area contributed by atoms with Crippen LogP contribution in [0.1, 0.15) is 62.2 Å². The van der Waals surface area contributed by atoms with Crippen molar-refractivity contribution in [3.63, 3.8) is 0 Å². The molecule has 2 aliphatic rings. The van der Waals surface area contributed by atoms with Crippen LogP contribution in [0.3, 0.4) is 0 Å². The van der Waals surface area contributed by atoms with E-state index in [1.807, 2.05) is 48.5 Å². The number of ether oxygens (including phenoxy) is 1. The van der Waals surface area contributed by atoms with Crippen LogP contribution in [0, 0.1) is 5.82 Å². The number of piperidine rings is 1. The van der Waals surface area contributed by atoms with E-state index in [9.17, 15) is 29.4 Å². The van der Waals surface area contributed by atoms with Gasteiger partial charge in [-0.2, -0.15) is 0 Å². The molecule has 0 saturated carbocycles. The largest absolute Gasteiger partial charge is 0.508 e. The Morgan fingerprint density at radius 2 is 1.50 bits per heavy atom. The first-order chi connectivity index (χ1) is 24.1. The average molecular weight is 698 g/mol. The van der Waals surface area contributed by atoms with E-state index < -0.39 is 35.5 Å². The van der Waals surface area contributed by atoms with E-state index in [4.69, 9.17) is 16.3 Å². The van der Waals surface area contributed by atoms with Gasteiger partial charge in [-0.05, 0) is 94.8 Å². The highest BCUT2D eigenvalue weighted by Crippen LogP contribution is 2.36. The second-order valence-corrected chi connectivity index (χ2v) is 12.3. The standard InChI is InChI=1S/C38H33ClFN3O7/c39-16-15-29(23-1-7-26(44)8-2-23)34(24-3-9-27(45)10-4-24)25-5-11-28(12-6-25)50-18-17-41-21-22-19-30-35(31(40)20-22)38(49)43(37(30)48)32-13-14-33(46)42-36(32)47/h1-12,19-20,32,41,44-45H,13-18,21H2,(H,42,46,47). The molecule has 0 aromatic heterocycles. The molecule has 2 aliphatic heterocycles. The number of imide groups is 2. The zero-order valence-corrected chi connectivity index (χ0v) is 27.5. The third-order valence-electron chi connectivity index (χ3n) is 8.59. The molecule has 0 aliphatic carbocycles. The molecule has 12 heteroatoms. The summed E-state index contributed by atoms with van der Waals surface area (Å²) in [6, 6.07) is 22.9. The summed E-state index contributed by atoms with van der Waals surface area (Å²) in [5, 5.41) is 25.0. The van der Waals surface area contributed by atoms with Crippen LogP contribution in [0.5, 0.6) is 17.2 Å². The number of benzene rings is 4. The minimum Gasteiger partial charge on any atom is -0.508 e. The third-order valence-corrected chi connectivity index (χ3v) is 8.78. The van der Waals surface area contributed by atoms with Crippen molar-refractivity contribution in [1.82, 2.24) is 15.5 Å². The molecule has 0 bridgehead atoms. The highest BCUT2D eigenvalue weighted by Gasteiger charge is 2.46. The fourth-order valence-electron chi connectivity index (χ4n) is 6.21. The number of carbonyl (C=O) groups excluding carboxylic acids is 4. The van der Waals surface area contributed by atoms with Crippen LogP contribution in [0.25, 0.3) is 11.1 Å². The minimum absolute atomic E-state index is 0.0138. The van der Waals surface area contributed by atoms with Gasteiger partial charge in [-0.3, -0.25) is 29.4 Å². The molecule has 4 N–H and O–H groups in total. The number of hydrogen-bond donors (Lipinski definition) is 4. The maximum atomic E-state index is 15.1. The molecular formula is C38H33ClFN3O7. The summed E-state index contributed by atoms with van der Waals surface area (Å²) < 4.78 is 21.0. The summed E-state index contributed by atoms with van der Waals surface area (Å²) in [6.07, 6.45) is 0.519. The number of phenols is 2. The van der Waals surface area contributed by atoms with E-state index in [0.717, 1.165) is 32.7 Å². The van der Waals surface area contributed by atoms with Crippen molar-refractivity contribution in [2.45, 2.75) is 31.8 Å². The van der Waals surface area contributed by atoms with Gasteiger partial charge < -0.3 is 20.3 Å². The smallest absolute Gasteiger partial charge is 0.265 e. The number of hydrogen-bond acceptors (Lipinski definition) is 8. The van der Waals surface area contributed by atoms with E-state index in [1.165, 1.54) is 12.1 Å². The third kappa shape index (κ3) is 7.24. The summed E-state index contributed by atoms with van der Waals surface area (Å²) >= 11 is 6.24. The lowest BCUT2D eigenvalue weighted by Crippen LogP contribution is -2.54. The Labute approximate surface area is 292 Å². The lowest BCUT2D eigenvalue weighted by atomic mass is 9.88. The van der Waals surface area contributed by atoms with Gasteiger partial charge in [0, 0.05) is 25.4 Å². The molecular weight excluding hydrogens is 665 g/mol. The molecule has 4 aromatic rings. The topological polar surface area (TPSA) is 145 Å². The quantitative estimate of drug-likeness (QED) is 0.0667. The molecule has 2 heterocycles. The zero-order valence-electron chi connectivity index (χ0n) is 26.7. The summed E-state index contributed by atoms with van der Waals surface area (Å²) in [4.78, 5) is 50.6. The normalized spacial score (nSPS) is 16.3. The Balaban J connectivity index is 1.10. The lowest BCUT2D eigenvalue weighted by Gasteiger charge is -2.27. The SMILES string of the molecule is O=C1CCC(N2C(=O)c3cc(CNCCOc4ccc(C(=C(CCCl)c5ccc(O)cc5)c5ccc(O)cc5)cc4)cc(F)c3C2=O)C(=O)N1. The van der Waals surface area contributed by atoms with Gasteiger partial charge in [0.1, 0.15) is 35.7 Å². The van der Waals surface area contributed by atoms with Crippen LogP contribution < -0.4 is 15.4 Å². The fourth-order valence-corrected chi connectivity index (χ4v) is 6.40. The molecule has 6 rings (SSSR count). The van der Waals surface area contributed by atoms with E-state index in [1.54, 1.807) is 24.3 Å². The van der Waals surface area contributed by atoms with Crippen LogP contribution in [0.2, 0.25) is 0 Å². The van der Waals surface area contributed by atoms with Gasteiger partial charge in [0.05, 0.1) is 11.1 Å². The molecule has 4 aromatic carbocycles. The molecule has 0 spiro atoms. The summed E-state index contributed by atoms with van der Waals surface area (Å²) in [6.45, 7) is 0.849. The number of phenolic OH excluding ortho intramolecular Hbond substituents is 2. The van der Waals surface area contributed by atoms with Crippen molar-refractivity contribution < 1.29 is 38.5 Å². The fraction of sp³-hybridized carbons (Fsp3) is 0.211. The Morgan fingerprint density at radius 1 is 0.880 bits per heavy atom. The minimum atomic E-state index is -1.17. The van der Waals surface area contributed by atoms with E-state index >= 15 is 4.39 Å². The van der Waals surface area contributed by atoms with Crippen molar-refractivity contribution in [1.29, 1.82) is 0 Å². The van der Waals surface area contributed by atoms with E-state index in [-0.39, 0.29) is 48.6 Å². The van der Waals surface area contributed by atoms with Crippen LogP contribution in [-0.4, -0.2) is 63.8 Å². The van der Waals surface area contributed by atoms with Gasteiger partial charge >= 0.3 is 0 Å². The Hall–Kier alpha value is -5.52. The van der Waals surface area contributed by atoms with E-state index in [0.29, 0.717) is 30.2 Å². The zero-order chi connectivity index (χ0) is 35.4. The van der Waals surface area contributed by atoms with Crippen molar-refractivity contribution in [3.8, 4) is 17.2 Å². The van der Waals surface area contributed by atoms with Crippen LogP contribution in [-0.2, 0) is 16.1 Å². The number of amides is 4. The highest BCUT2D eigenvalue weighted by atomic mass is 35.5. The number of allylic oxidation sites excluding steroid dienone is 1. The number of nitrogens with one attached hydrogen (secondary N) is 2. The maximum absolute atomic E-state index is 15.1. The van der Waals surface area contributed by atoms with Crippen LogP contribution in [0.15, 0.2) is 84.9 Å². The second kappa shape index (κ2) is 14.9. The number of fused-ring (bicyclic) bond motifs is 1. The molecule has 50 heavy (non-hydrogen) atoms. The van der Waals surface area contributed by atoms with Crippen molar-refractivity contribution in [2.24, 2.45) is 0 Å². The van der Waals surface area contributed by atoms with Gasteiger partial charge in [0.15, 0.2) is 0 Å². The van der Waals surface area contributed by atoms with Crippen LogP contribution >= 0.6 is 11.6 Å². The molecule has 0 radical (unpaired) electrons. The first-order valence-electron chi connectivity index (χ1n) is 16.0. The van der Waals surface area contributed by atoms with Crippen molar-refractivity contribution in [3.05, 3.63) is 124 Å². The van der Waals surface area contributed by atoms with Gasteiger partial charge in [-0.1, -0.05) is 36.4 Å². The van der Waals surface area contributed by atoms with Crippen LogP contribution in [0.4, 0.5) is 4.39 Å². The number of carbonyl (C=O) groups is 4. The summed E-state index contributed by atoms with van der Waals surface area (Å²) in [5.74, 6) is -2.47. The predicted molar refractivity (Wildman–Crippen MR) is 184 cm³/mol. The molecule has 256 valence electrons. The van der Waals surface area contributed by atoms with E-state index in [2.05, 4.69) is 10.6 Å². The number of rotatable bonds is 12. The molecule has 1 fully saturated rings. The second-order valence-electron chi connectivity index (χ2n) is 11.9. The molecule has 1 saturated heterocycles. The van der Waals surface area contributed by atoms with Crippen molar-refractivity contribution in [2.75, 3.05) is 19.0 Å². The average Bonchev–Trinajstić information content (AvgIpc) is 3.35. The molecule has 10 nitrogen and oxygen atoms in total. The van der Waals surface area contributed by atoms with Gasteiger partial charge in [0.2, 0.25) is 11.8 Å². The molecule has 4 amide bonds. The van der Waals surface area contributed by atoms with Gasteiger partial charge in [-0.15, -0.1) is 11.6 Å². The lowest BCUT2D eigenvalue weighted by molar-refractivity contribution is -0.136. The van der Waals surface area contributed by atoms with Gasteiger partial charge in [0.25, 0.3) is 11.8 Å². The number of aromatic hydroxyl groups is 2.